The summed E-state index contributed by atoms with van der Waals surface area (Å²) >= 11 is 0. The lowest BCUT2D eigenvalue weighted by atomic mass is 9.76. The second-order valence-corrected chi connectivity index (χ2v) is 14.4. The minimum Gasteiger partial charge on any atom is -0.507 e. The molecule has 0 amide bonds. The Labute approximate surface area is 307 Å². The standard InChI is InChI=1S/C40H43N3O10/c1-22-36(50-21-24-12-10-9-11-13-24)38(5,42-43-41)20-30(51-22)26-15-17-28-32(34(26)46)35(47)31-27(40(28,48-7)49-8)16-14-25(33(31)45)29(44)18-19-39(6)23(2)52-37(3,4)53-39/h9-17,22-23,30,36,45-46H,20-21H2,1-8H3/t22-,23?,30+,36+,38?,39-/m0/s1. The van der Waals surface area contributed by atoms with E-state index in [0.717, 1.165) is 5.56 Å². The van der Waals surface area contributed by atoms with Crippen LogP contribution >= 0.6 is 0 Å². The van der Waals surface area contributed by atoms with Crippen molar-refractivity contribution in [3.8, 4) is 23.3 Å². The van der Waals surface area contributed by atoms with Gasteiger partial charge < -0.3 is 38.6 Å². The van der Waals surface area contributed by atoms with E-state index in [1.807, 2.05) is 30.3 Å². The molecule has 2 aliphatic heterocycles. The van der Waals surface area contributed by atoms with Gasteiger partial charge in [-0.15, -0.1) is 0 Å². The molecule has 278 valence electrons. The number of phenols is 2. The predicted molar refractivity (Wildman–Crippen MR) is 191 cm³/mol. The molecule has 2 unspecified atom stereocenters. The number of methoxy groups -OCH3 is 2. The molecule has 53 heavy (non-hydrogen) atoms. The van der Waals surface area contributed by atoms with Crippen molar-refractivity contribution in [3.63, 3.8) is 0 Å². The van der Waals surface area contributed by atoms with Gasteiger partial charge >= 0.3 is 0 Å². The zero-order valence-electron chi connectivity index (χ0n) is 30.9. The molecule has 2 heterocycles. The first-order valence-corrected chi connectivity index (χ1v) is 17.2. The van der Waals surface area contributed by atoms with Crippen LogP contribution in [0.1, 0.15) is 103 Å². The van der Waals surface area contributed by atoms with E-state index in [1.54, 1.807) is 53.7 Å². The third-order valence-corrected chi connectivity index (χ3v) is 10.4. The van der Waals surface area contributed by atoms with Crippen LogP contribution in [0.2, 0.25) is 0 Å². The Morgan fingerprint density at radius 2 is 1.62 bits per heavy atom. The van der Waals surface area contributed by atoms with Gasteiger partial charge in [-0.2, -0.15) is 0 Å². The molecule has 0 radical (unpaired) electrons. The van der Waals surface area contributed by atoms with Gasteiger partial charge in [0.15, 0.2) is 11.4 Å². The zero-order valence-corrected chi connectivity index (χ0v) is 30.9. The second-order valence-electron chi connectivity index (χ2n) is 14.4. The fourth-order valence-corrected chi connectivity index (χ4v) is 7.81. The second kappa shape index (κ2) is 13.9. The van der Waals surface area contributed by atoms with Crippen molar-refractivity contribution in [1.82, 2.24) is 0 Å². The zero-order chi connectivity index (χ0) is 38.5. The molecule has 0 saturated carbocycles. The molecule has 1 aliphatic carbocycles. The molecule has 0 spiro atoms. The van der Waals surface area contributed by atoms with Crippen LogP contribution in [-0.2, 0) is 40.8 Å². The van der Waals surface area contributed by atoms with Crippen LogP contribution in [0.5, 0.6) is 11.5 Å². The van der Waals surface area contributed by atoms with Gasteiger partial charge in [-0.25, -0.2) is 0 Å². The van der Waals surface area contributed by atoms with Gasteiger partial charge in [-0.05, 0) is 64.1 Å². The molecule has 2 fully saturated rings. The van der Waals surface area contributed by atoms with Gasteiger partial charge in [-0.1, -0.05) is 66.5 Å². The highest BCUT2D eigenvalue weighted by Crippen LogP contribution is 2.52. The first-order chi connectivity index (χ1) is 25.0. The number of carbonyl (C=O) groups is 2. The van der Waals surface area contributed by atoms with Crippen LogP contribution in [-0.4, -0.2) is 71.2 Å². The molecular formula is C40H43N3O10. The maximum Gasteiger partial charge on any atom is 0.239 e. The van der Waals surface area contributed by atoms with E-state index in [4.69, 9.17) is 28.4 Å². The summed E-state index contributed by atoms with van der Waals surface area (Å²) in [4.78, 5) is 31.0. The highest BCUT2D eigenvalue weighted by atomic mass is 16.8. The molecule has 3 aromatic carbocycles. The number of hydrogen-bond donors (Lipinski definition) is 2. The van der Waals surface area contributed by atoms with Gasteiger partial charge in [0, 0.05) is 35.8 Å². The number of phenolic OH excluding ortho intramolecular Hbond substituents is 2. The first-order valence-electron chi connectivity index (χ1n) is 17.2. The summed E-state index contributed by atoms with van der Waals surface area (Å²) in [6, 6.07) is 15.5. The van der Waals surface area contributed by atoms with Crippen LogP contribution in [0.4, 0.5) is 0 Å². The molecule has 0 bridgehead atoms. The van der Waals surface area contributed by atoms with Gasteiger partial charge in [0.25, 0.3) is 0 Å². The van der Waals surface area contributed by atoms with E-state index < -0.39 is 70.2 Å². The van der Waals surface area contributed by atoms with Crippen LogP contribution < -0.4 is 0 Å². The molecule has 3 aromatic rings. The number of fused-ring (bicyclic) bond motifs is 2. The molecule has 0 aromatic heterocycles. The van der Waals surface area contributed by atoms with E-state index in [1.165, 1.54) is 26.4 Å². The van der Waals surface area contributed by atoms with Crippen LogP contribution in [0.25, 0.3) is 10.4 Å². The average molecular weight is 726 g/mol. The number of azide groups is 1. The Morgan fingerprint density at radius 1 is 0.981 bits per heavy atom. The van der Waals surface area contributed by atoms with Crippen molar-refractivity contribution in [1.29, 1.82) is 0 Å². The fourth-order valence-electron chi connectivity index (χ4n) is 7.81. The lowest BCUT2D eigenvalue weighted by Gasteiger charge is -2.45. The van der Waals surface area contributed by atoms with Gasteiger partial charge in [0.1, 0.15) is 11.5 Å². The van der Waals surface area contributed by atoms with Crippen molar-refractivity contribution < 1.29 is 48.2 Å². The van der Waals surface area contributed by atoms with E-state index in [0.29, 0.717) is 0 Å². The minimum absolute atomic E-state index is 0.101. The number of Topliss-reactive ketones (excluding diaryl/α,β-unsaturated/α-hetero) is 1. The Balaban J connectivity index is 1.38. The predicted octanol–water partition coefficient (Wildman–Crippen LogP) is 6.76. The topological polar surface area (TPSA) is 179 Å². The van der Waals surface area contributed by atoms with Crippen LogP contribution in [0.3, 0.4) is 0 Å². The normalized spacial score (nSPS) is 28.2. The molecule has 13 heteroatoms. The third kappa shape index (κ3) is 6.47. The van der Waals surface area contributed by atoms with E-state index >= 15 is 0 Å². The number of carbonyl (C=O) groups excluding carboxylic acids is 2. The summed E-state index contributed by atoms with van der Waals surface area (Å²) in [5.41, 5.74) is 8.07. The smallest absolute Gasteiger partial charge is 0.239 e. The summed E-state index contributed by atoms with van der Waals surface area (Å²) in [6.45, 7) is 10.8. The Bertz CT molecular complexity index is 2060. The maximum atomic E-state index is 14.4. The molecular weight excluding hydrogens is 682 g/mol. The van der Waals surface area contributed by atoms with Crippen LogP contribution in [0.15, 0.2) is 59.7 Å². The Kier molecular flexibility index (Phi) is 9.96. The van der Waals surface area contributed by atoms with E-state index in [-0.39, 0.29) is 46.4 Å². The van der Waals surface area contributed by atoms with Gasteiger partial charge in [-0.3, -0.25) is 9.59 Å². The number of rotatable bonds is 8. The monoisotopic (exact) mass is 725 g/mol. The maximum absolute atomic E-state index is 14.4. The average Bonchev–Trinajstić information content (AvgIpc) is 3.33. The first kappa shape index (κ1) is 38.0. The largest absolute Gasteiger partial charge is 0.507 e. The number of hydrogen-bond acceptors (Lipinski definition) is 11. The number of benzene rings is 3. The van der Waals surface area contributed by atoms with Gasteiger partial charge in [0.05, 0.1) is 53.3 Å². The number of nitrogens with zero attached hydrogens (tertiary/aromatic N) is 3. The van der Waals surface area contributed by atoms with Crippen LogP contribution in [0, 0.1) is 11.8 Å². The SMILES string of the molecule is COC1(OC)c2ccc(C(=O)C#C[C@]3(C)OC(C)(C)OC3C)c(O)c2C(=O)c2c1ccc([C@H]1CC(C)(N=[N+]=[N-])[C@H](OCc3ccccc3)[C@H](C)O1)c2O. The molecule has 2 N–H and O–H groups in total. The summed E-state index contributed by atoms with van der Waals surface area (Å²) in [5, 5.41) is 27.7. The van der Waals surface area contributed by atoms with Crippen molar-refractivity contribution >= 4 is 11.6 Å². The lowest BCUT2D eigenvalue weighted by molar-refractivity contribution is -0.185. The van der Waals surface area contributed by atoms with E-state index in [2.05, 4.69) is 21.9 Å². The highest BCUT2D eigenvalue weighted by molar-refractivity contribution is 6.19. The van der Waals surface area contributed by atoms with Crippen molar-refractivity contribution in [2.75, 3.05) is 14.2 Å². The Hall–Kier alpha value is -4.77. The van der Waals surface area contributed by atoms with Crippen molar-refractivity contribution in [2.24, 2.45) is 5.11 Å². The summed E-state index contributed by atoms with van der Waals surface area (Å²) in [5.74, 6) is 0.0685. The van der Waals surface area contributed by atoms with Gasteiger partial charge in [0.2, 0.25) is 17.4 Å². The summed E-state index contributed by atoms with van der Waals surface area (Å²) < 4.78 is 36.2. The molecule has 13 nitrogen and oxygen atoms in total. The van der Waals surface area contributed by atoms with Crippen molar-refractivity contribution in [3.05, 3.63) is 104 Å². The highest BCUT2D eigenvalue weighted by Gasteiger charge is 2.51. The molecule has 2 saturated heterocycles. The molecule has 3 aliphatic rings. The number of ether oxygens (including phenoxy) is 6. The summed E-state index contributed by atoms with van der Waals surface area (Å²) in [7, 11) is 2.72. The summed E-state index contributed by atoms with van der Waals surface area (Å²) in [6.07, 6.45) is -2.44. The van der Waals surface area contributed by atoms with E-state index in [9.17, 15) is 25.3 Å². The Morgan fingerprint density at radius 3 is 2.23 bits per heavy atom. The lowest BCUT2D eigenvalue weighted by Crippen LogP contribution is -2.52. The molecule has 6 rings (SSSR count). The van der Waals surface area contributed by atoms with Crippen molar-refractivity contribution in [2.45, 2.75) is 102 Å². The number of ketones is 2. The third-order valence-electron chi connectivity index (χ3n) is 10.4. The quantitative estimate of drug-likeness (QED) is 0.0480. The number of aromatic hydroxyl groups is 2. The minimum atomic E-state index is -1.76. The fraction of sp³-hybridized carbons (Fsp3) is 0.450. The molecule has 6 atom stereocenters.